The molecule has 0 fully saturated rings. The normalized spacial score (nSPS) is 10.1. The fourth-order valence-corrected chi connectivity index (χ4v) is 1.81. The lowest BCUT2D eigenvalue weighted by Gasteiger charge is -2.08. The smallest absolute Gasteiger partial charge is 0.342 e. The van der Waals surface area contributed by atoms with Gasteiger partial charge in [-0.25, -0.2) is 4.79 Å². The van der Waals surface area contributed by atoms with Gasteiger partial charge in [-0.05, 0) is 36.4 Å². The monoisotopic (exact) mass is 336 g/mol. The zero-order valence-corrected chi connectivity index (χ0v) is 12.2. The number of carbonyl (C=O) groups is 1. The minimum Gasteiger partial charge on any atom is -0.507 e. The van der Waals surface area contributed by atoms with E-state index in [1.807, 2.05) is 24.3 Å². The van der Waals surface area contributed by atoms with Crippen molar-refractivity contribution in [3.05, 3.63) is 58.6 Å². The Balaban J connectivity index is 1.77. The van der Waals surface area contributed by atoms with E-state index in [1.165, 1.54) is 12.1 Å². The summed E-state index contributed by atoms with van der Waals surface area (Å²) in [7, 11) is 0. The topological polar surface area (TPSA) is 55.8 Å². The third-order valence-electron chi connectivity index (χ3n) is 2.52. The zero-order valence-electron chi connectivity index (χ0n) is 10.6. The Bertz CT molecular complexity index is 581. The number of benzene rings is 2. The van der Waals surface area contributed by atoms with Crippen LogP contribution in [-0.2, 0) is 4.74 Å². The fourth-order valence-electron chi connectivity index (χ4n) is 1.55. The predicted molar refractivity (Wildman–Crippen MR) is 78.0 cm³/mol. The molecule has 20 heavy (non-hydrogen) atoms. The van der Waals surface area contributed by atoms with Gasteiger partial charge in [0, 0.05) is 4.47 Å². The van der Waals surface area contributed by atoms with E-state index in [4.69, 9.17) is 9.47 Å². The van der Waals surface area contributed by atoms with Gasteiger partial charge in [0.1, 0.15) is 30.3 Å². The molecule has 104 valence electrons. The molecule has 0 radical (unpaired) electrons. The molecule has 1 N–H and O–H groups in total. The molecule has 5 heteroatoms. The Morgan fingerprint density at radius 3 is 2.45 bits per heavy atom. The average molecular weight is 337 g/mol. The molecule has 0 saturated carbocycles. The van der Waals surface area contributed by atoms with Gasteiger partial charge in [0.25, 0.3) is 0 Å². The Labute approximate surface area is 125 Å². The molecule has 0 aliphatic carbocycles. The van der Waals surface area contributed by atoms with E-state index in [0.717, 1.165) is 4.47 Å². The van der Waals surface area contributed by atoms with Crippen molar-refractivity contribution in [1.82, 2.24) is 0 Å². The molecule has 2 aromatic carbocycles. The number of aromatic hydroxyl groups is 1. The van der Waals surface area contributed by atoms with Crippen molar-refractivity contribution in [2.45, 2.75) is 0 Å². The SMILES string of the molecule is O=C(OCCOc1ccc(Br)cc1)c1ccccc1O. The molecule has 0 spiro atoms. The highest BCUT2D eigenvalue weighted by Gasteiger charge is 2.11. The minimum absolute atomic E-state index is 0.0914. The molecule has 0 saturated heterocycles. The zero-order chi connectivity index (χ0) is 14.4. The number of phenols is 1. The number of para-hydroxylation sites is 1. The molecule has 0 amide bonds. The Morgan fingerprint density at radius 1 is 1.05 bits per heavy atom. The number of hydrogen-bond acceptors (Lipinski definition) is 4. The molecule has 0 bridgehead atoms. The second kappa shape index (κ2) is 6.96. The lowest BCUT2D eigenvalue weighted by atomic mass is 10.2. The summed E-state index contributed by atoms with van der Waals surface area (Å²) >= 11 is 3.33. The molecular weight excluding hydrogens is 324 g/mol. The van der Waals surface area contributed by atoms with Crippen LogP contribution in [0.15, 0.2) is 53.0 Å². The highest BCUT2D eigenvalue weighted by Crippen LogP contribution is 2.17. The maximum Gasteiger partial charge on any atom is 0.342 e. The van der Waals surface area contributed by atoms with E-state index in [2.05, 4.69) is 15.9 Å². The van der Waals surface area contributed by atoms with Crippen LogP contribution in [0.2, 0.25) is 0 Å². The Kier molecular flexibility index (Phi) is 5.01. The quantitative estimate of drug-likeness (QED) is 0.671. The third-order valence-corrected chi connectivity index (χ3v) is 3.05. The average Bonchev–Trinajstić information content (AvgIpc) is 2.46. The summed E-state index contributed by atoms with van der Waals surface area (Å²) in [6.45, 7) is 0.365. The first kappa shape index (κ1) is 14.4. The van der Waals surface area contributed by atoms with Crippen molar-refractivity contribution in [1.29, 1.82) is 0 Å². The van der Waals surface area contributed by atoms with E-state index in [9.17, 15) is 9.90 Å². The largest absolute Gasteiger partial charge is 0.507 e. The van der Waals surface area contributed by atoms with Gasteiger partial charge in [0.15, 0.2) is 0 Å². The third kappa shape index (κ3) is 3.99. The van der Waals surface area contributed by atoms with Crippen molar-refractivity contribution < 1.29 is 19.4 Å². The van der Waals surface area contributed by atoms with Crippen molar-refractivity contribution in [3.63, 3.8) is 0 Å². The van der Waals surface area contributed by atoms with Gasteiger partial charge < -0.3 is 14.6 Å². The van der Waals surface area contributed by atoms with Crippen LogP contribution in [0.25, 0.3) is 0 Å². The summed E-state index contributed by atoms with van der Waals surface area (Å²) < 4.78 is 11.4. The molecule has 0 unspecified atom stereocenters. The van der Waals surface area contributed by atoms with E-state index in [1.54, 1.807) is 12.1 Å². The molecule has 4 nitrogen and oxygen atoms in total. The van der Waals surface area contributed by atoms with Crippen LogP contribution in [-0.4, -0.2) is 24.3 Å². The number of phenolic OH excluding ortho intramolecular Hbond substituents is 1. The van der Waals surface area contributed by atoms with E-state index in [0.29, 0.717) is 5.75 Å². The van der Waals surface area contributed by atoms with Gasteiger partial charge in [-0.1, -0.05) is 28.1 Å². The van der Waals surface area contributed by atoms with Gasteiger partial charge in [0.2, 0.25) is 0 Å². The van der Waals surface area contributed by atoms with E-state index < -0.39 is 5.97 Å². The second-order valence-electron chi connectivity index (χ2n) is 3.96. The fraction of sp³-hybridized carbons (Fsp3) is 0.133. The van der Waals surface area contributed by atoms with Crippen LogP contribution in [0, 0.1) is 0 Å². The summed E-state index contributed by atoms with van der Waals surface area (Å²) in [5.74, 6) is 0.0423. The van der Waals surface area contributed by atoms with Crippen LogP contribution in [0.3, 0.4) is 0 Å². The summed E-state index contributed by atoms with van der Waals surface area (Å²) in [4.78, 5) is 11.7. The number of ether oxygens (including phenoxy) is 2. The number of hydrogen-bond donors (Lipinski definition) is 1. The molecule has 0 aliphatic heterocycles. The van der Waals surface area contributed by atoms with Crippen LogP contribution in [0.5, 0.6) is 11.5 Å². The Hall–Kier alpha value is -2.01. The molecule has 0 aliphatic rings. The molecule has 2 aromatic rings. The van der Waals surface area contributed by atoms with Gasteiger partial charge in [-0.2, -0.15) is 0 Å². The van der Waals surface area contributed by atoms with Crippen LogP contribution >= 0.6 is 15.9 Å². The van der Waals surface area contributed by atoms with E-state index >= 15 is 0 Å². The molecule has 2 rings (SSSR count). The summed E-state index contributed by atoms with van der Waals surface area (Å²) in [5, 5.41) is 9.50. The predicted octanol–water partition coefficient (Wildman–Crippen LogP) is 3.39. The summed E-state index contributed by atoms with van der Waals surface area (Å²) in [5.41, 5.74) is 0.149. The van der Waals surface area contributed by atoms with E-state index in [-0.39, 0.29) is 24.5 Å². The van der Waals surface area contributed by atoms with Crippen LogP contribution < -0.4 is 4.74 Å². The molecule has 0 heterocycles. The summed E-state index contributed by atoms with van der Waals surface area (Å²) in [6, 6.07) is 13.6. The van der Waals surface area contributed by atoms with Gasteiger partial charge in [0.05, 0.1) is 0 Å². The molecule has 0 aromatic heterocycles. The number of carbonyl (C=O) groups excluding carboxylic acids is 1. The van der Waals surface area contributed by atoms with Gasteiger partial charge >= 0.3 is 5.97 Å². The van der Waals surface area contributed by atoms with Crippen LogP contribution in [0.1, 0.15) is 10.4 Å². The maximum absolute atomic E-state index is 11.7. The van der Waals surface area contributed by atoms with Crippen molar-refractivity contribution in [3.8, 4) is 11.5 Å². The van der Waals surface area contributed by atoms with Crippen molar-refractivity contribution >= 4 is 21.9 Å². The van der Waals surface area contributed by atoms with Crippen molar-refractivity contribution in [2.75, 3.05) is 13.2 Å². The van der Waals surface area contributed by atoms with Gasteiger partial charge in [-0.15, -0.1) is 0 Å². The number of esters is 1. The molecule has 0 atom stereocenters. The summed E-state index contributed by atoms with van der Waals surface area (Å²) in [6.07, 6.45) is 0. The highest BCUT2D eigenvalue weighted by atomic mass is 79.9. The minimum atomic E-state index is -0.567. The van der Waals surface area contributed by atoms with Crippen molar-refractivity contribution in [2.24, 2.45) is 0 Å². The maximum atomic E-state index is 11.7. The van der Waals surface area contributed by atoms with Gasteiger partial charge in [-0.3, -0.25) is 0 Å². The number of rotatable bonds is 5. The highest BCUT2D eigenvalue weighted by molar-refractivity contribution is 9.10. The van der Waals surface area contributed by atoms with Crippen LogP contribution in [0.4, 0.5) is 0 Å². The molecular formula is C15H13BrO4. The lowest BCUT2D eigenvalue weighted by molar-refractivity contribution is 0.0447. The first-order valence-corrected chi connectivity index (χ1v) is 6.79. The first-order valence-electron chi connectivity index (χ1n) is 6.00. The second-order valence-corrected chi connectivity index (χ2v) is 4.87. The standard InChI is InChI=1S/C15H13BrO4/c16-11-5-7-12(8-6-11)19-9-10-20-15(18)13-3-1-2-4-14(13)17/h1-8,17H,9-10H2. The lowest BCUT2D eigenvalue weighted by Crippen LogP contribution is -2.12. The number of halogens is 1. The Morgan fingerprint density at radius 2 is 1.75 bits per heavy atom. The first-order chi connectivity index (χ1) is 9.66.